The number of rotatable bonds is 2. The van der Waals surface area contributed by atoms with Crippen LogP contribution in [0.3, 0.4) is 0 Å². The van der Waals surface area contributed by atoms with E-state index in [-0.39, 0.29) is 0 Å². The molecule has 27 heavy (non-hydrogen) atoms. The SMILES string of the molecule is Cc1ccc(/C=C/c2ccc3c(c2)OC(C)(C)Oc2cc(C)ccc2-3)cc1. The fourth-order valence-electron chi connectivity index (χ4n) is 3.31. The van der Waals surface area contributed by atoms with E-state index in [2.05, 4.69) is 86.7 Å². The number of ether oxygens (including phenoxy) is 2. The van der Waals surface area contributed by atoms with Gasteiger partial charge in [0.1, 0.15) is 11.5 Å². The van der Waals surface area contributed by atoms with Crippen LogP contribution in [0.2, 0.25) is 0 Å². The van der Waals surface area contributed by atoms with Gasteiger partial charge in [0.25, 0.3) is 0 Å². The molecule has 0 amide bonds. The summed E-state index contributed by atoms with van der Waals surface area (Å²) in [5.74, 6) is 0.975. The molecule has 4 rings (SSSR count). The lowest BCUT2D eigenvalue weighted by Gasteiger charge is -2.25. The Kier molecular flexibility index (Phi) is 4.27. The standard InChI is InChI=1S/C25H24O2/c1-17-5-8-19(9-6-17)10-11-20-12-14-22-21-13-7-18(2)15-23(21)26-25(3,4)27-24(22)16-20/h5-16H,1-4H3/b11-10+. The van der Waals surface area contributed by atoms with Crippen LogP contribution in [0.4, 0.5) is 0 Å². The van der Waals surface area contributed by atoms with E-state index in [0.29, 0.717) is 0 Å². The van der Waals surface area contributed by atoms with Gasteiger partial charge in [-0.3, -0.25) is 0 Å². The Morgan fingerprint density at radius 3 is 1.85 bits per heavy atom. The first-order valence-electron chi connectivity index (χ1n) is 9.27. The summed E-state index contributed by atoms with van der Waals surface area (Å²) in [4.78, 5) is 0. The van der Waals surface area contributed by atoms with Crippen LogP contribution in [0.1, 0.15) is 36.1 Å². The number of fused-ring (bicyclic) bond motifs is 3. The van der Waals surface area contributed by atoms with E-state index >= 15 is 0 Å². The summed E-state index contributed by atoms with van der Waals surface area (Å²) in [5, 5.41) is 0. The molecule has 1 aliphatic heterocycles. The van der Waals surface area contributed by atoms with Crippen molar-refractivity contribution in [2.75, 3.05) is 0 Å². The largest absolute Gasteiger partial charge is 0.452 e. The fraction of sp³-hybridized carbons (Fsp3) is 0.200. The van der Waals surface area contributed by atoms with Crippen molar-refractivity contribution in [1.82, 2.24) is 0 Å². The van der Waals surface area contributed by atoms with Crippen molar-refractivity contribution in [2.24, 2.45) is 0 Å². The van der Waals surface area contributed by atoms with E-state index in [1.807, 2.05) is 13.8 Å². The van der Waals surface area contributed by atoms with Crippen molar-refractivity contribution in [3.63, 3.8) is 0 Å². The molecule has 1 heterocycles. The third kappa shape index (κ3) is 3.75. The van der Waals surface area contributed by atoms with Crippen LogP contribution in [0.15, 0.2) is 60.7 Å². The first-order chi connectivity index (χ1) is 12.9. The van der Waals surface area contributed by atoms with Crippen molar-refractivity contribution in [3.05, 3.63) is 82.9 Å². The molecule has 0 fully saturated rings. The second kappa shape index (κ2) is 6.62. The zero-order valence-corrected chi connectivity index (χ0v) is 16.2. The van der Waals surface area contributed by atoms with Crippen molar-refractivity contribution in [1.29, 1.82) is 0 Å². The lowest BCUT2D eigenvalue weighted by Crippen LogP contribution is -2.34. The van der Waals surface area contributed by atoms with E-state index in [1.54, 1.807) is 0 Å². The maximum atomic E-state index is 6.22. The summed E-state index contributed by atoms with van der Waals surface area (Å²) >= 11 is 0. The Bertz CT molecular complexity index is 1010. The molecule has 2 heteroatoms. The molecule has 0 aliphatic carbocycles. The normalized spacial score (nSPS) is 14.7. The monoisotopic (exact) mass is 356 g/mol. The molecule has 3 aromatic rings. The number of hydrogen-bond acceptors (Lipinski definition) is 2. The molecule has 2 nitrogen and oxygen atoms in total. The molecule has 0 aromatic heterocycles. The molecular formula is C25H24O2. The van der Waals surface area contributed by atoms with Crippen molar-refractivity contribution in [2.45, 2.75) is 33.5 Å². The lowest BCUT2D eigenvalue weighted by atomic mass is 10.00. The Morgan fingerprint density at radius 2 is 1.15 bits per heavy atom. The first-order valence-corrected chi connectivity index (χ1v) is 9.27. The second-order valence-corrected chi connectivity index (χ2v) is 7.60. The van der Waals surface area contributed by atoms with Crippen molar-refractivity contribution >= 4 is 12.2 Å². The molecule has 1 aliphatic rings. The second-order valence-electron chi connectivity index (χ2n) is 7.60. The van der Waals surface area contributed by atoms with Gasteiger partial charge in [0, 0.05) is 25.0 Å². The minimum Gasteiger partial charge on any atom is -0.452 e. The lowest BCUT2D eigenvalue weighted by molar-refractivity contribution is -0.0778. The van der Waals surface area contributed by atoms with Gasteiger partial charge < -0.3 is 9.47 Å². The minimum atomic E-state index is -0.729. The Morgan fingerprint density at radius 1 is 0.630 bits per heavy atom. The minimum absolute atomic E-state index is 0.729. The highest BCUT2D eigenvalue weighted by molar-refractivity contribution is 5.80. The maximum absolute atomic E-state index is 6.22. The Hall–Kier alpha value is -3.00. The van der Waals surface area contributed by atoms with Crippen LogP contribution in [-0.4, -0.2) is 5.79 Å². The molecule has 0 spiro atoms. The van der Waals surface area contributed by atoms with Crippen molar-refractivity contribution < 1.29 is 9.47 Å². The van der Waals surface area contributed by atoms with Gasteiger partial charge in [-0.15, -0.1) is 0 Å². The molecule has 0 atom stereocenters. The predicted molar refractivity (Wildman–Crippen MR) is 112 cm³/mol. The van der Waals surface area contributed by atoms with E-state index in [4.69, 9.17) is 9.47 Å². The van der Waals surface area contributed by atoms with Gasteiger partial charge in [0.15, 0.2) is 0 Å². The van der Waals surface area contributed by atoms with Gasteiger partial charge in [0.05, 0.1) is 0 Å². The average molecular weight is 356 g/mol. The van der Waals surface area contributed by atoms with Crippen LogP contribution < -0.4 is 9.47 Å². The zero-order chi connectivity index (χ0) is 19.0. The molecule has 0 bridgehead atoms. The third-order valence-corrected chi connectivity index (χ3v) is 4.69. The highest BCUT2D eigenvalue weighted by Gasteiger charge is 2.29. The summed E-state index contributed by atoms with van der Waals surface area (Å²) in [6.45, 7) is 8.06. The fourth-order valence-corrected chi connectivity index (χ4v) is 3.31. The van der Waals surface area contributed by atoms with Crippen LogP contribution in [0, 0.1) is 13.8 Å². The maximum Gasteiger partial charge on any atom is 0.245 e. The summed E-state index contributed by atoms with van der Waals surface area (Å²) in [7, 11) is 0. The number of hydrogen-bond donors (Lipinski definition) is 0. The van der Waals surface area contributed by atoms with E-state index in [1.165, 1.54) is 16.7 Å². The number of aryl methyl sites for hydroxylation is 2. The Labute approximate surface area is 161 Å². The van der Waals surface area contributed by atoms with Gasteiger partial charge in [-0.2, -0.15) is 0 Å². The first kappa shape index (κ1) is 17.4. The third-order valence-electron chi connectivity index (χ3n) is 4.69. The van der Waals surface area contributed by atoms with Crippen LogP contribution in [0.5, 0.6) is 11.5 Å². The van der Waals surface area contributed by atoms with Crippen LogP contribution in [0.25, 0.3) is 23.3 Å². The van der Waals surface area contributed by atoms with E-state index < -0.39 is 5.79 Å². The van der Waals surface area contributed by atoms with Gasteiger partial charge in [0.2, 0.25) is 5.79 Å². The molecule has 0 saturated carbocycles. The number of benzene rings is 3. The van der Waals surface area contributed by atoms with Gasteiger partial charge in [-0.1, -0.05) is 60.2 Å². The average Bonchev–Trinajstić information content (AvgIpc) is 2.72. The van der Waals surface area contributed by atoms with Crippen LogP contribution >= 0.6 is 0 Å². The summed E-state index contributed by atoms with van der Waals surface area (Å²) in [6, 6.07) is 21.1. The molecule has 0 saturated heterocycles. The summed E-state index contributed by atoms with van der Waals surface area (Å²) in [5.41, 5.74) is 6.84. The van der Waals surface area contributed by atoms with E-state index in [9.17, 15) is 0 Å². The Balaban J connectivity index is 1.73. The predicted octanol–water partition coefficient (Wildman–Crippen LogP) is 6.65. The summed E-state index contributed by atoms with van der Waals surface area (Å²) in [6.07, 6.45) is 4.24. The van der Waals surface area contributed by atoms with E-state index in [0.717, 1.165) is 28.2 Å². The molecule has 0 unspecified atom stereocenters. The van der Waals surface area contributed by atoms with Gasteiger partial charge in [-0.25, -0.2) is 0 Å². The van der Waals surface area contributed by atoms with Crippen molar-refractivity contribution in [3.8, 4) is 22.6 Å². The molecule has 3 aromatic carbocycles. The highest BCUT2D eigenvalue weighted by Crippen LogP contribution is 2.43. The smallest absolute Gasteiger partial charge is 0.245 e. The van der Waals surface area contributed by atoms with Gasteiger partial charge >= 0.3 is 0 Å². The molecule has 0 radical (unpaired) electrons. The molecule has 0 N–H and O–H groups in total. The highest BCUT2D eigenvalue weighted by atomic mass is 16.7. The molecular weight excluding hydrogens is 332 g/mol. The van der Waals surface area contributed by atoms with Crippen LogP contribution in [-0.2, 0) is 0 Å². The topological polar surface area (TPSA) is 18.5 Å². The molecule has 136 valence electrons. The zero-order valence-electron chi connectivity index (χ0n) is 16.2. The van der Waals surface area contributed by atoms with Gasteiger partial charge in [-0.05, 0) is 48.7 Å². The quantitative estimate of drug-likeness (QED) is 0.479. The summed E-state index contributed by atoms with van der Waals surface area (Å²) < 4.78 is 12.4.